The SMILES string of the molecule is CC1(C)OB(/C=C/C=N/N(Cc2ccccc2)C[Si](C)(C)C)OC1(C)C. The lowest BCUT2D eigenvalue weighted by atomic mass is 9.90. The molecule has 26 heavy (non-hydrogen) atoms. The second kappa shape index (κ2) is 8.11. The first kappa shape index (κ1) is 20.9. The van der Waals surface area contributed by atoms with Crippen molar-refractivity contribution in [2.45, 2.75) is 65.1 Å². The molecule has 0 saturated carbocycles. The minimum absolute atomic E-state index is 0.309. The Kier molecular flexibility index (Phi) is 6.53. The van der Waals surface area contributed by atoms with E-state index in [1.807, 2.05) is 24.3 Å². The van der Waals surface area contributed by atoms with Gasteiger partial charge in [0, 0.05) is 12.4 Å². The number of nitrogens with zero attached hydrogens (tertiary/aromatic N) is 2. The molecule has 0 amide bonds. The van der Waals surface area contributed by atoms with Gasteiger partial charge in [-0.2, -0.15) is 5.10 Å². The third-order valence-electron chi connectivity index (χ3n) is 4.72. The van der Waals surface area contributed by atoms with Crippen LogP contribution in [0.2, 0.25) is 19.6 Å². The van der Waals surface area contributed by atoms with Crippen molar-refractivity contribution >= 4 is 21.4 Å². The van der Waals surface area contributed by atoms with Crippen LogP contribution >= 0.6 is 0 Å². The van der Waals surface area contributed by atoms with Crippen LogP contribution in [0.3, 0.4) is 0 Å². The number of hydrazone groups is 1. The van der Waals surface area contributed by atoms with Crippen molar-refractivity contribution in [2.24, 2.45) is 5.10 Å². The van der Waals surface area contributed by atoms with Gasteiger partial charge in [-0.15, -0.1) is 0 Å². The first-order valence-corrected chi connectivity index (χ1v) is 13.0. The topological polar surface area (TPSA) is 34.1 Å². The average Bonchev–Trinajstić information content (AvgIpc) is 2.70. The summed E-state index contributed by atoms with van der Waals surface area (Å²) in [6, 6.07) is 10.5. The van der Waals surface area contributed by atoms with Crippen LogP contribution in [0.25, 0.3) is 0 Å². The van der Waals surface area contributed by atoms with Gasteiger partial charge < -0.3 is 9.31 Å². The smallest absolute Gasteiger partial charge is 0.400 e. The first-order chi connectivity index (χ1) is 12.0. The molecule has 4 nitrogen and oxygen atoms in total. The van der Waals surface area contributed by atoms with E-state index in [1.54, 1.807) is 0 Å². The van der Waals surface area contributed by atoms with Crippen LogP contribution in [0.5, 0.6) is 0 Å². The van der Waals surface area contributed by atoms with Crippen LogP contribution in [-0.4, -0.2) is 43.8 Å². The van der Waals surface area contributed by atoms with Crippen molar-refractivity contribution in [2.75, 3.05) is 6.17 Å². The number of allylic oxidation sites excluding steroid dienone is 1. The fraction of sp³-hybridized carbons (Fsp3) is 0.550. The fourth-order valence-electron chi connectivity index (χ4n) is 2.72. The minimum atomic E-state index is -1.26. The van der Waals surface area contributed by atoms with E-state index >= 15 is 0 Å². The van der Waals surface area contributed by atoms with Crippen molar-refractivity contribution < 1.29 is 9.31 Å². The molecule has 0 aromatic heterocycles. The molecule has 0 N–H and O–H groups in total. The summed E-state index contributed by atoms with van der Waals surface area (Å²) in [5.74, 6) is 1.93. The summed E-state index contributed by atoms with van der Waals surface area (Å²) in [5.41, 5.74) is 0.657. The molecule has 1 aliphatic rings. The molecular formula is C20H33BN2O2Si. The van der Waals surface area contributed by atoms with Gasteiger partial charge in [0.05, 0.1) is 25.8 Å². The van der Waals surface area contributed by atoms with Crippen LogP contribution < -0.4 is 0 Å². The van der Waals surface area contributed by atoms with Gasteiger partial charge in [0.15, 0.2) is 0 Å². The van der Waals surface area contributed by atoms with Gasteiger partial charge >= 0.3 is 7.12 Å². The maximum atomic E-state index is 5.97. The van der Waals surface area contributed by atoms with E-state index in [0.717, 1.165) is 12.7 Å². The fourth-order valence-corrected chi connectivity index (χ4v) is 4.01. The highest BCUT2D eigenvalue weighted by Gasteiger charge is 2.49. The van der Waals surface area contributed by atoms with Crippen LogP contribution in [0, 0.1) is 0 Å². The predicted octanol–water partition coefficient (Wildman–Crippen LogP) is 4.54. The van der Waals surface area contributed by atoms with Gasteiger partial charge in [-0.1, -0.05) is 55.9 Å². The average molecular weight is 372 g/mol. The summed E-state index contributed by atoms with van der Waals surface area (Å²) in [4.78, 5) is 0. The van der Waals surface area contributed by atoms with E-state index < -0.39 is 8.07 Å². The Balaban J connectivity index is 1.99. The van der Waals surface area contributed by atoms with E-state index in [-0.39, 0.29) is 18.3 Å². The third-order valence-corrected chi connectivity index (χ3v) is 6.03. The highest BCUT2D eigenvalue weighted by molar-refractivity contribution is 6.76. The van der Waals surface area contributed by atoms with Gasteiger partial charge in [-0.05, 0) is 39.3 Å². The van der Waals surface area contributed by atoms with Crippen molar-refractivity contribution in [3.8, 4) is 0 Å². The van der Waals surface area contributed by atoms with Gasteiger partial charge in [0.2, 0.25) is 0 Å². The molecule has 1 fully saturated rings. The molecule has 0 atom stereocenters. The maximum Gasteiger partial charge on any atom is 0.487 e. The van der Waals surface area contributed by atoms with E-state index in [4.69, 9.17) is 9.31 Å². The van der Waals surface area contributed by atoms with Gasteiger partial charge in [0.1, 0.15) is 0 Å². The van der Waals surface area contributed by atoms with E-state index in [0.29, 0.717) is 0 Å². The molecular weight excluding hydrogens is 339 g/mol. The van der Waals surface area contributed by atoms with E-state index in [9.17, 15) is 0 Å². The van der Waals surface area contributed by atoms with E-state index in [2.05, 4.69) is 81.7 Å². The quantitative estimate of drug-likeness (QED) is 0.400. The molecule has 142 valence electrons. The number of benzene rings is 1. The molecule has 0 radical (unpaired) electrons. The molecule has 6 heteroatoms. The second-order valence-corrected chi connectivity index (χ2v) is 14.6. The van der Waals surface area contributed by atoms with Crippen LogP contribution in [0.1, 0.15) is 33.3 Å². The Morgan fingerprint density at radius 2 is 1.62 bits per heavy atom. The largest absolute Gasteiger partial charge is 0.487 e. The Bertz CT molecular complexity index is 623. The number of rotatable bonds is 7. The van der Waals surface area contributed by atoms with Crippen molar-refractivity contribution in [1.29, 1.82) is 0 Å². The third kappa shape index (κ3) is 6.11. The normalized spacial score (nSPS) is 19.6. The Hall–Kier alpha value is -1.37. The standard InChI is InChI=1S/C20H33BN2O2Si/c1-19(2)20(3,4)25-21(24-19)14-11-15-22-23(17-26(5,6)7)16-18-12-9-8-10-13-18/h8-15H,16-17H2,1-7H3/b14-11+,22-15+. The molecule has 2 rings (SSSR count). The minimum Gasteiger partial charge on any atom is -0.400 e. The lowest BCUT2D eigenvalue weighted by Gasteiger charge is -2.32. The summed E-state index contributed by atoms with van der Waals surface area (Å²) < 4.78 is 11.9. The summed E-state index contributed by atoms with van der Waals surface area (Å²) in [6.45, 7) is 16.2. The lowest BCUT2D eigenvalue weighted by molar-refractivity contribution is 0.00578. The zero-order valence-electron chi connectivity index (χ0n) is 17.3. The van der Waals surface area contributed by atoms with Crippen molar-refractivity contribution in [1.82, 2.24) is 5.01 Å². The Labute approximate surface area is 160 Å². The highest BCUT2D eigenvalue weighted by Crippen LogP contribution is 2.36. The van der Waals surface area contributed by atoms with Crippen LogP contribution in [0.4, 0.5) is 0 Å². The molecule has 0 unspecified atom stereocenters. The molecule has 1 saturated heterocycles. The van der Waals surface area contributed by atoms with Gasteiger partial charge in [-0.3, -0.25) is 5.01 Å². The Morgan fingerprint density at radius 3 is 2.15 bits per heavy atom. The summed E-state index contributed by atoms with van der Waals surface area (Å²) >= 11 is 0. The van der Waals surface area contributed by atoms with Gasteiger partial charge in [0.25, 0.3) is 0 Å². The Morgan fingerprint density at radius 1 is 1.04 bits per heavy atom. The molecule has 0 aliphatic carbocycles. The van der Waals surface area contributed by atoms with Crippen LogP contribution in [-0.2, 0) is 15.9 Å². The second-order valence-electron chi connectivity index (χ2n) is 9.14. The van der Waals surface area contributed by atoms with Crippen LogP contribution in [0.15, 0.2) is 47.5 Å². The molecule has 0 bridgehead atoms. The number of hydrogen-bond donors (Lipinski definition) is 0. The monoisotopic (exact) mass is 372 g/mol. The maximum absolute atomic E-state index is 5.97. The van der Waals surface area contributed by atoms with E-state index in [1.165, 1.54) is 5.56 Å². The van der Waals surface area contributed by atoms with Crippen molar-refractivity contribution in [3.05, 3.63) is 47.9 Å². The van der Waals surface area contributed by atoms with Gasteiger partial charge in [-0.25, -0.2) is 0 Å². The molecule has 1 aliphatic heterocycles. The summed E-state index contributed by atoms with van der Waals surface area (Å²) in [5, 5.41) is 6.85. The molecule has 1 heterocycles. The zero-order chi connectivity index (χ0) is 19.4. The first-order valence-electron chi connectivity index (χ1n) is 9.34. The summed E-state index contributed by atoms with van der Waals surface area (Å²) in [6.07, 6.45) is 4.78. The predicted molar refractivity (Wildman–Crippen MR) is 114 cm³/mol. The number of hydrogen-bond acceptors (Lipinski definition) is 4. The van der Waals surface area contributed by atoms with Crippen molar-refractivity contribution in [3.63, 3.8) is 0 Å². The molecule has 0 spiro atoms. The molecule has 1 aromatic carbocycles. The zero-order valence-corrected chi connectivity index (χ0v) is 18.3. The molecule has 1 aromatic rings. The highest BCUT2D eigenvalue weighted by atomic mass is 28.3. The lowest BCUT2D eigenvalue weighted by Crippen LogP contribution is -2.41. The summed E-state index contributed by atoms with van der Waals surface area (Å²) in [7, 11) is -1.59.